The normalized spacial score (nSPS) is 23.4. The summed E-state index contributed by atoms with van der Waals surface area (Å²) in [6.45, 7) is 7.85. The third-order valence-corrected chi connectivity index (χ3v) is 3.47. The van der Waals surface area contributed by atoms with E-state index >= 15 is 0 Å². The maximum Gasteiger partial charge on any atom is 0.237 e. The van der Waals surface area contributed by atoms with Crippen LogP contribution in [0.3, 0.4) is 0 Å². The average molecular weight is 264 g/mol. The molecular formula is C15H24N2O2. The second-order valence-corrected chi connectivity index (χ2v) is 5.31. The molecule has 0 aliphatic carbocycles. The van der Waals surface area contributed by atoms with Crippen LogP contribution >= 0.6 is 0 Å². The van der Waals surface area contributed by atoms with Crippen molar-refractivity contribution in [2.45, 2.75) is 45.8 Å². The van der Waals surface area contributed by atoms with E-state index in [2.05, 4.69) is 24.1 Å². The Balaban J connectivity index is 2.00. The molecule has 2 unspecified atom stereocenters. The third kappa shape index (κ3) is 3.83. The molecule has 1 saturated heterocycles. The highest BCUT2D eigenvalue weighted by atomic mass is 16.5. The van der Waals surface area contributed by atoms with Crippen molar-refractivity contribution in [3.8, 4) is 5.88 Å². The summed E-state index contributed by atoms with van der Waals surface area (Å²) in [4.78, 5) is 4.27. The molecule has 1 aromatic rings. The highest BCUT2D eigenvalue weighted by molar-refractivity contribution is 5.52. The quantitative estimate of drug-likeness (QED) is 0.887. The number of hydrogen-bond acceptors (Lipinski definition) is 4. The molecule has 0 radical (unpaired) electrons. The Hall–Kier alpha value is -1.29. The van der Waals surface area contributed by atoms with Gasteiger partial charge in [0.05, 0.1) is 18.4 Å². The molecule has 1 fully saturated rings. The molecule has 0 aromatic carbocycles. The Morgan fingerprint density at radius 1 is 1.53 bits per heavy atom. The fourth-order valence-electron chi connectivity index (χ4n) is 2.40. The van der Waals surface area contributed by atoms with Crippen molar-refractivity contribution in [1.29, 1.82) is 0 Å². The summed E-state index contributed by atoms with van der Waals surface area (Å²) in [6.07, 6.45) is 4.18. The third-order valence-electron chi connectivity index (χ3n) is 3.47. The van der Waals surface area contributed by atoms with Crippen LogP contribution in [0.15, 0.2) is 18.3 Å². The van der Waals surface area contributed by atoms with E-state index in [9.17, 15) is 0 Å². The largest absolute Gasteiger partial charge is 0.476 e. The second kappa shape index (κ2) is 6.75. The smallest absolute Gasteiger partial charge is 0.237 e. The van der Waals surface area contributed by atoms with Gasteiger partial charge in [0.2, 0.25) is 5.88 Å². The van der Waals surface area contributed by atoms with E-state index in [4.69, 9.17) is 9.47 Å². The zero-order valence-electron chi connectivity index (χ0n) is 12.1. The number of anilines is 1. The van der Waals surface area contributed by atoms with Crippen molar-refractivity contribution in [2.75, 3.05) is 18.5 Å². The van der Waals surface area contributed by atoms with Crippen LogP contribution < -0.4 is 10.1 Å². The SMILES string of the molecule is CCOc1ncccc1NC1CCOC(C(C)C)C1. The maximum atomic E-state index is 5.80. The summed E-state index contributed by atoms with van der Waals surface area (Å²) < 4.78 is 11.3. The van der Waals surface area contributed by atoms with Crippen LogP contribution in [0.25, 0.3) is 0 Å². The Bertz CT molecular complexity index is 395. The highest BCUT2D eigenvalue weighted by Gasteiger charge is 2.25. The van der Waals surface area contributed by atoms with E-state index in [1.807, 2.05) is 19.1 Å². The van der Waals surface area contributed by atoms with Crippen molar-refractivity contribution in [3.63, 3.8) is 0 Å². The van der Waals surface area contributed by atoms with Crippen molar-refractivity contribution in [3.05, 3.63) is 18.3 Å². The van der Waals surface area contributed by atoms with Crippen molar-refractivity contribution < 1.29 is 9.47 Å². The van der Waals surface area contributed by atoms with Gasteiger partial charge in [-0.25, -0.2) is 4.98 Å². The number of nitrogens with zero attached hydrogens (tertiary/aromatic N) is 1. The number of rotatable bonds is 5. The van der Waals surface area contributed by atoms with Gasteiger partial charge in [-0.1, -0.05) is 13.8 Å². The van der Waals surface area contributed by atoms with Gasteiger partial charge in [0.1, 0.15) is 0 Å². The maximum absolute atomic E-state index is 5.80. The summed E-state index contributed by atoms with van der Waals surface area (Å²) in [6, 6.07) is 4.40. The fraction of sp³-hybridized carbons (Fsp3) is 0.667. The highest BCUT2D eigenvalue weighted by Crippen LogP contribution is 2.26. The Morgan fingerprint density at radius 2 is 2.37 bits per heavy atom. The first-order valence-electron chi connectivity index (χ1n) is 7.16. The standard InChI is InChI=1S/C15H24N2O2/c1-4-18-15-13(6-5-8-16-15)17-12-7-9-19-14(10-12)11(2)3/h5-6,8,11-12,14,17H,4,7,9-10H2,1-3H3. The predicted molar refractivity (Wildman–Crippen MR) is 76.6 cm³/mol. The molecule has 2 rings (SSSR count). The predicted octanol–water partition coefficient (Wildman–Crippen LogP) is 3.10. The molecule has 0 saturated carbocycles. The van der Waals surface area contributed by atoms with E-state index in [0.717, 1.165) is 25.1 Å². The van der Waals surface area contributed by atoms with Gasteiger partial charge in [-0.15, -0.1) is 0 Å². The van der Waals surface area contributed by atoms with Crippen LogP contribution in [0.1, 0.15) is 33.6 Å². The first-order valence-corrected chi connectivity index (χ1v) is 7.16. The van der Waals surface area contributed by atoms with Gasteiger partial charge in [-0.05, 0) is 37.8 Å². The minimum Gasteiger partial charge on any atom is -0.476 e. The first kappa shape index (κ1) is 14.1. The molecule has 0 bridgehead atoms. The average Bonchev–Trinajstić information content (AvgIpc) is 2.41. The van der Waals surface area contributed by atoms with Crippen molar-refractivity contribution in [1.82, 2.24) is 4.98 Å². The summed E-state index contributed by atoms with van der Waals surface area (Å²) in [5.74, 6) is 1.25. The van der Waals surface area contributed by atoms with Crippen LogP contribution in [-0.4, -0.2) is 30.3 Å². The molecule has 4 nitrogen and oxygen atoms in total. The van der Waals surface area contributed by atoms with Crippen LogP contribution in [0, 0.1) is 5.92 Å². The molecule has 1 aliphatic heterocycles. The lowest BCUT2D eigenvalue weighted by Gasteiger charge is -2.33. The molecule has 0 amide bonds. The summed E-state index contributed by atoms with van der Waals surface area (Å²) in [5.41, 5.74) is 0.985. The minimum absolute atomic E-state index is 0.346. The molecule has 4 heteroatoms. The van der Waals surface area contributed by atoms with Gasteiger partial charge < -0.3 is 14.8 Å². The molecule has 2 atom stereocenters. The summed E-state index contributed by atoms with van der Waals surface area (Å²) >= 11 is 0. The van der Waals surface area contributed by atoms with E-state index in [1.165, 1.54) is 0 Å². The monoisotopic (exact) mass is 264 g/mol. The van der Waals surface area contributed by atoms with E-state index in [0.29, 0.717) is 30.6 Å². The molecule has 1 N–H and O–H groups in total. The zero-order valence-corrected chi connectivity index (χ0v) is 12.1. The van der Waals surface area contributed by atoms with Crippen LogP contribution in [-0.2, 0) is 4.74 Å². The van der Waals surface area contributed by atoms with E-state index < -0.39 is 0 Å². The van der Waals surface area contributed by atoms with Crippen LogP contribution in [0.4, 0.5) is 5.69 Å². The summed E-state index contributed by atoms with van der Waals surface area (Å²) in [7, 11) is 0. The number of pyridine rings is 1. The van der Waals surface area contributed by atoms with Gasteiger partial charge in [0, 0.05) is 18.8 Å². The molecule has 0 spiro atoms. The zero-order chi connectivity index (χ0) is 13.7. The van der Waals surface area contributed by atoms with Crippen LogP contribution in [0.2, 0.25) is 0 Å². The molecule has 2 heterocycles. The summed E-state index contributed by atoms with van der Waals surface area (Å²) in [5, 5.41) is 3.55. The first-order chi connectivity index (χ1) is 9.20. The van der Waals surface area contributed by atoms with Gasteiger partial charge in [0.25, 0.3) is 0 Å². The van der Waals surface area contributed by atoms with Crippen LogP contribution in [0.5, 0.6) is 5.88 Å². The molecule has 19 heavy (non-hydrogen) atoms. The lowest BCUT2D eigenvalue weighted by Crippen LogP contribution is -2.36. The molecule has 1 aromatic heterocycles. The number of nitrogens with one attached hydrogen (secondary N) is 1. The molecule has 106 valence electrons. The van der Waals surface area contributed by atoms with Crippen molar-refractivity contribution >= 4 is 5.69 Å². The molecular weight excluding hydrogens is 240 g/mol. The minimum atomic E-state index is 0.346. The second-order valence-electron chi connectivity index (χ2n) is 5.31. The van der Waals surface area contributed by atoms with Gasteiger partial charge in [-0.2, -0.15) is 0 Å². The van der Waals surface area contributed by atoms with Gasteiger partial charge in [-0.3, -0.25) is 0 Å². The lowest BCUT2D eigenvalue weighted by molar-refractivity contribution is -0.0161. The van der Waals surface area contributed by atoms with Gasteiger partial charge >= 0.3 is 0 Å². The Labute approximate surface area is 115 Å². The number of ether oxygens (including phenoxy) is 2. The Kier molecular flexibility index (Phi) is 5.02. The molecule has 1 aliphatic rings. The Morgan fingerprint density at radius 3 is 3.11 bits per heavy atom. The lowest BCUT2D eigenvalue weighted by atomic mass is 9.95. The fourth-order valence-corrected chi connectivity index (χ4v) is 2.40. The van der Waals surface area contributed by atoms with Gasteiger partial charge in [0.15, 0.2) is 0 Å². The van der Waals surface area contributed by atoms with Crippen molar-refractivity contribution in [2.24, 2.45) is 5.92 Å². The van der Waals surface area contributed by atoms with E-state index in [-0.39, 0.29) is 0 Å². The number of aromatic nitrogens is 1. The topological polar surface area (TPSA) is 43.4 Å². The van der Waals surface area contributed by atoms with E-state index in [1.54, 1.807) is 6.20 Å². The number of hydrogen-bond donors (Lipinski definition) is 1.